The number of nitrogens with one attached hydrogen (secondary N) is 1. The van der Waals surface area contributed by atoms with Crippen molar-refractivity contribution in [3.8, 4) is 0 Å². The van der Waals surface area contributed by atoms with Crippen LogP contribution in [0.25, 0.3) is 0 Å². The quantitative estimate of drug-likeness (QED) is 0.932. The molecule has 0 spiro atoms. The van der Waals surface area contributed by atoms with Crippen LogP contribution >= 0.6 is 0 Å². The minimum absolute atomic E-state index is 0.276. The lowest BCUT2D eigenvalue weighted by Gasteiger charge is -2.37. The summed E-state index contributed by atoms with van der Waals surface area (Å²) in [6.45, 7) is 7.41. The fourth-order valence-corrected chi connectivity index (χ4v) is 3.16. The second-order valence-electron chi connectivity index (χ2n) is 6.59. The van der Waals surface area contributed by atoms with Gasteiger partial charge < -0.3 is 5.32 Å². The van der Waals surface area contributed by atoms with Crippen molar-refractivity contribution in [3.63, 3.8) is 0 Å². The summed E-state index contributed by atoms with van der Waals surface area (Å²) in [5.74, 6) is 0. The molecule has 21 heavy (non-hydrogen) atoms. The predicted octanol–water partition coefficient (Wildman–Crippen LogP) is 3.69. The molecule has 1 unspecified atom stereocenters. The molecule has 1 aromatic carbocycles. The lowest BCUT2D eigenvalue weighted by atomic mass is 9.71. The van der Waals surface area contributed by atoms with Gasteiger partial charge in [0.25, 0.3) is 0 Å². The van der Waals surface area contributed by atoms with Gasteiger partial charge in [0.1, 0.15) is 0 Å². The van der Waals surface area contributed by atoms with Gasteiger partial charge in [0.15, 0.2) is 0 Å². The fourth-order valence-electron chi connectivity index (χ4n) is 3.16. The molecule has 0 saturated carbocycles. The summed E-state index contributed by atoms with van der Waals surface area (Å²) in [7, 11) is 0. The third kappa shape index (κ3) is 2.98. The maximum Gasteiger partial charge on any atom is 0.0724 e. The first-order valence-corrected chi connectivity index (χ1v) is 7.66. The number of benzene rings is 1. The van der Waals surface area contributed by atoms with Crippen LogP contribution in [0.4, 0.5) is 0 Å². The molecule has 3 rings (SSSR count). The zero-order chi connectivity index (χ0) is 14.9. The van der Waals surface area contributed by atoms with Gasteiger partial charge in [0.05, 0.1) is 11.4 Å². The van der Waals surface area contributed by atoms with E-state index in [2.05, 4.69) is 53.4 Å². The molecule has 1 atom stereocenters. The van der Waals surface area contributed by atoms with E-state index in [4.69, 9.17) is 0 Å². The maximum absolute atomic E-state index is 4.42. The van der Waals surface area contributed by atoms with Gasteiger partial charge in [0, 0.05) is 25.0 Å². The topological polar surface area (TPSA) is 37.8 Å². The summed E-state index contributed by atoms with van der Waals surface area (Å²) in [6.07, 6.45) is 6.07. The number of aromatic nitrogens is 2. The lowest BCUT2D eigenvalue weighted by molar-refractivity contribution is 0.356. The van der Waals surface area contributed by atoms with Crippen LogP contribution in [-0.4, -0.2) is 9.97 Å². The zero-order valence-electron chi connectivity index (χ0n) is 13.1. The van der Waals surface area contributed by atoms with Gasteiger partial charge in [-0.2, -0.15) is 0 Å². The monoisotopic (exact) mass is 281 g/mol. The first-order valence-electron chi connectivity index (χ1n) is 7.66. The standard InChI is InChI=1S/C18H23N3/c1-13-10-20-14(11-19-13)12-21-17-8-9-18(2,3)16-7-5-4-6-15(16)17/h4-7,10-11,17,21H,8-9,12H2,1-3H3. The number of rotatable bonds is 3. The molecule has 1 N–H and O–H groups in total. The summed E-state index contributed by atoms with van der Waals surface area (Å²) >= 11 is 0. The molecule has 1 aliphatic carbocycles. The first-order chi connectivity index (χ1) is 10.1. The van der Waals surface area contributed by atoms with E-state index in [0.29, 0.717) is 6.04 Å². The summed E-state index contributed by atoms with van der Waals surface area (Å²) in [6, 6.07) is 9.23. The van der Waals surface area contributed by atoms with Crippen molar-refractivity contribution in [3.05, 3.63) is 59.2 Å². The second-order valence-corrected chi connectivity index (χ2v) is 6.59. The highest BCUT2D eigenvalue weighted by Gasteiger charge is 2.31. The molecular weight excluding hydrogens is 258 g/mol. The SMILES string of the molecule is Cc1cnc(CNC2CCC(C)(C)c3ccccc32)cn1. The van der Waals surface area contributed by atoms with Gasteiger partial charge in [-0.05, 0) is 36.3 Å². The Morgan fingerprint density at radius 2 is 2.00 bits per heavy atom. The molecule has 0 amide bonds. The Hall–Kier alpha value is -1.74. The molecule has 0 aliphatic heterocycles. The molecule has 0 saturated heterocycles. The summed E-state index contributed by atoms with van der Waals surface area (Å²) in [5.41, 5.74) is 5.15. The van der Waals surface area contributed by atoms with Gasteiger partial charge in [-0.15, -0.1) is 0 Å². The molecular formula is C18H23N3. The number of aryl methyl sites for hydroxylation is 1. The largest absolute Gasteiger partial charge is 0.304 e. The molecule has 0 bridgehead atoms. The van der Waals surface area contributed by atoms with E-state index >= 15 is 0 Å². The van der Waals surface area contributed by atoms with Crippen LogP contribution in [0.15, 0.2) is 36.7 Å². The van der Waals surface area contributed by atoms with Crippen LogP contribution < -0.4 is 5.32 Å². The van der Waals surface area contributed by atoms with Crippen LogP contribution in [0, 0.1) is 6.92 Å². The molecule has 1 aromatic heterocycles. The smallest absolute Gasteiger partial charge is 0.0724 e. The lowest BCUT2D eigenvalue weighted by Crippen LogP contribution is -2.32. The summed E-state index contributed by atoms with van der Waals surface area (Å²) in [5, 5.41) is 3.65. The van der Waals surface area contributed by atoms with E-state index < -0.39 is 0 Å². The normalized spacial score (nSPS) is 20.0. The molecule has 1 heterocycles. The van der Waals surface area contributed by atoms with Crippen molar-refractivity contribution >= 4 is 0 Å². The Kier molecular flexibility index (Phi) is 3.77. The Labute approximate surface area is 126 Å². The van der Waals surface area contributed by atoms with Crippen molar-refractivity contribution in [2.24, 2.45) is 0 Å². The second kappa shape index (κ2) is 5.57. The van der Waals surface area contributed by atoms with Gasteiger partial charge in [-0.3, -0.25) is 9.97 Å². The Balaban J connectivity index is 1.76. The Morgan fingerprint density at radius 1 is 1.19 bits per heavy atom. The van der Waals surface area contributed by atoms with E-state index in [1.165, 1.54) is 24.0 Å². The van der Waals surface area contributed by atoms with Crippen LogP contribution in [0.5, 0.6) is 0 Å². The average Bonchev–Trinajstić information content (AvgIpc) is 2.48. The molecule has 0 fully saturated rings. The predicted molar refractivity (Wildman–Crippen MR) is 85.1 cm³/mol. The minimum Gasteiger partial charge on any atom is -0.304 e. The zero-order valence-corrected chi connectivity index (χ0v) is 13.1. The van der Waals surface area contributed by atoms with Gasteiger partial charge >= 0.3 is 0 Å². The highest BCUT2D eigenvalue weighted by molar-refractivity contribution is 5.38. The summed E-state index contributed by atoms with van der Waals surface area (Å²) < 4.78 is 0. The third-order valence-corrected chi connectivity index (χ3v) is 4.49. The van der Waals surface area contributed by atoms with Gasteiger partial charge in [-0.25, -0.2) is 0 Å². The number of fused-ring (bicyclic) bond motifs is 1. The Bertz CT molecular complexity index is 617. The van der Waals surface area contributed by atoms with E-state index in [1.807, 2.05) is 19.3 Å². The molecule has 1 aliphatic rings. The van der Waals surface area contributed by atoms with Gasteiger partial charge in [-0.1, -0.05) is 38.1 Å². The van der Waals surface area contributed by atoms with Crippen LogP contribution in [-0.2, 0) is 12.0 Å². The summed E-state index contributed by atoms with van der Waals surface area (Å²) in [4.78, 5) is 8.73. The number of hydrogen-bond donors (Lipinski definition) is 1. The fraction of sp³-hybridized carbons (Fsp3) is 0.444. The Morgan fingerprint density at radius 3 is 2.76 bits per heavy atom. The third-order valence-electron chi connectivity index (χ3n) is 4.49. The highest BCUT2D eigenvalue weighted by atomic mass is 14.9. The van der Waals surface area contributed by atoms with Crippen molar-refractivity contribution in [2.75, 3.05) is 0 Å². The molecule has 0 radical (unpaired) electrons. The van der Waals surface area contributed by atoms with Gasteiger partial charge in [0.2, 0.25) is 0 Å². The number of nitrogens with zero attached hydrogens (tertiary/aromatic N) is 2. The van der Waals surface area contributed by atoms with Crippen LogP contribution in [0.1, 0.15) is 55.2 Å². The number of hydrogen-bond acceptors (Lipinski definition) is 3. The highest BCUT2D eigenvalue weighted by Crippen LogP contribution is 2.41. The molecule has 110 valence electrons. The van der Waals surface area contributed by atoms with Crippen LogP contribution in [0.3, 0.4) is 0 Å². The van der Waals surface area contributed by atoms with E-state index in [1.54, 1.807) is 0 Å². The van der Waals surface area contributed by atoms with Crippen LogP contribution in [0.2, 0.25) is 0 Å². The van der Waals surface area contributed by atoms with Crippen molar-refractivity contribution in [1.82, 2.24) is 15.3 Å². The van der Waals surface area contributed by atoms with E-state index in [-0.39, 0.29) is 5.41 Å². The average molecular weight is 281 g/mol. The van der Waals surface area contributed by atoms with E-state index in [9.17, 15) is 0 Å². The molecule has 3 nitrogen and oxygen atoms in total. The molecule has 2 aromatic rings. The van der Waals surface area contributed by atoms with Crippen molar-refractivity contribution < 1.29 is 0 Å². The maximum atomic E-state index is 4.42. The first kappa shape index (κ1) is 14.2. The van der Waals surface area contributed by atoms with E-state index in [0.717, 1.165) is 17.9 Å². The molecule has 3 heteroatoms. The minimum atomic E-state index is 0.276. The van der Waals surface area contributed by atoms with Crippen molar-refractivity contribution in [2.45, 2.75) is 51.6 Å². The van der Waals surface area contributed by atoms with Crippen molar-refractivity contribution in [1.29, 1.82) is 0 Å².